The van der Waals surface area contributed by atoms with Crippen LogP contribution in [0.3, 0.4) is 0 Å². The molecule has 0 aliphatic heterocycles. The Balaban J connectivity index is 2.19. The summed E-state index contributed by atoms with van der Waals surface area (Å²) in [7, 11) is 0. The molecule has 90 valence electrons. The van der Waals surface area contributed by atoms with Crippen LogP contribution in [0, 0.1) is 0 Å². The van der Waals surface area contributed by atoms with Crippen LogP contribution in [-0.2, 0) is 0 Å². The Morgan fingerprint density at radius 1 is 1.00 bits per heavy atom. The molecule has 0 fully saturated rings. The maximum absolute atomic E-state index is 5.96. The first-order valence-electron chi connectivity index (χ1n) is 5.25. The summed E-state index contributed by atoms with van der Waals surface area (Å²) < 4.78 is 1.09. The summed E-state index contributed by atoms with van der Waals surface area (Å²) in [6, 6.07) is 11.1. The van der Waals surface area contributed by atoms with Gasteiger partial charge in [0.05, 0.1) is 10.2 Å². The van der Waals surface area contributed by atoms with Crippen molar-refractivity contribution in [3.05, 3.63) is 46.4 Å². The van der Waals surface area contributed by atoms with Crippen LogP contribution in [0.1, 0.15) is 0 Å². The predicted octanol–water partition coefficient (Wildman–Crippen LogP) is 4.85. The summed E-state index contributed by atoms with van der Waals surface area (Å²) in [5, 5.41) is 2.19. The monoisotopic (exact) mass is 294 g/mol. The number of fused-ring (bicyclic) bond motifs is 1. The molecule has 1 heterocycles. The third kappa shape index (κ3) is 2.05. The maximum atomic E-state index is 5.96. The van der Waals surface area contributed by atoms with Crippen LogP contribution in [0.5, 0.6) is 0 Å². The third-order valence-corrected chi connectivity index (χ3v) is 4.13. The summed E-state index contributed by atoms with van der Waals surface area (Å²) in [6.07, 6.45) is 0. The van der Waals surface area contributed by atoms with E-state index in [9.17, 15) is 0 Å². The van der Waals surface area contributed by atoms with E-state index in [-0.39, 0.29) is 0 Å². The first kappa shape index (κ1) is 11.8. The van der Waals surface area contributed by atoms with Crippen molar-refractivity contribution < 1.29 is 0 Å². The number of hydrogen-bond acceptors (Lipinski definition) is 3. The highest BCUT2D eigenvalue weighted by Gasteiger charge is 2.09. The van der Waals surface area contributed by atoms with Gasteiger partial charge in [0.15, 0.2) is 0 Å². The van der Waals surface area contributed by atoms with Crippen molar-refractivity contribution in [2.45, 2.75) is 0 Å². The number of rotatable bonds is 1. The first-order valence-corrected chi connectivity index (χ1v) is 6.82. The molecule has 0 amide bonds. The fourth-order valence-corrected chi connectivity index (χ4v) is 3.08. The standard InChI is InChI=1S/C13H8Cl2N2S/c14-7-1-3-9(10(16)5-7)13-17-11-6-8(15)2-4-12(11)18-13/h1-6H,16H2. The molecule has 1 aromatic heterocycles. The quantitative estimate of drug-likeness (QED) is 0.652. The van der Waals surface area contributed by atoms with E-state index in [1.54, 1.807) is 17.4 Å². The molecule has 18 heavy (non-hydrogen) atoms. The zero-order valence-electron chi connectivity index (χ0n) is 9.15. The SMILES string of the molecule is Nc1cc(Cl)ccc1-c1nc2cc(Cl)ccc2s1. The van der Waals surface area contributed by atoms with Crippen molar-refractivity contribution in [1.29, 1.82) is 0 Å². The fourth-order valence-electron chi connectivity index (χ4n) is 1.74. The molecule has 0 saturated heterocycles. The Hall–Kier alpha value is -1.29. The number of benzene rings is 2. The lowest BCUT2D eigenvalue weighted by Crippen LogP contribution is -1.88. The van der Waals surface area contributed by atoms with Gasteiger partial charge in [0.25, 0.3) is 0 Å². The molecule has 0 atom stereocenters. The second-order valence-electron chi connectivity index (χ2n) is 3.86. The number of nitrogens with zero attached hydrogens (tertiary/aromatic N) is 1. The molecule has 0 aliphatic rings. The van der Waals surface area contributed by atoms with Gasteiger partial charge in [0, 0.05) is 21.3 Å². The van der Waals surface area contributed by atoms with Gasteiger partial charge in [0.2, 0.25) is 0 Å². The Labute approximate surface area is 118 Å². The van der Waals surface area contributed by atoms with Crippen LogP contribution in [0.4, 0.5) is 5.69 Å². The molecule has 5 heteroatoms. The van der Waals surface area contributed by atoms with Crippen molar-refractivity contribution in [1.82, 2.24) is 4.98 Å². The number of thiazole rings is 1. The number of nitrogen functional groups attached to an aromatic ring is 1. The topological polar surface area (TPSA) is 38.9 Å². The first-order chi connectivity index (χ1) is 8.63. The molecule has 0 spiro atoms. The highest BCUT2D eigenvalue weighted by molar-refractivity contribution is 7.21. The highest BCUT2D eigenvalue weighted by atomic mass is 35.5. The normalized spacial score (nSPS) is 11.0. The largest absolute Gasteiger partial charge is 0.398 e. The summed E-state index contributed by atoms with van der Waals surface area (Å²) in [5.74, 6) is 0. The molecule has 2 N–H and O–H groups in total. The van der Waals surface area contributed by atoms with E-state index >= 15 is 0 Å². The van der Waals surface area contributed by atoms with Gasteiger partial charge in [-0.3, -0.25) is 0 Å². The van der Waals surface area contributed by atoms with Gasteiger partial charge in [-0.2, -0.15) is 0 Å². The van der Waals surface area contributed by atoms with E-state index in [0.717, 1.165) is 20.8 Å². The Bertz CT molecular complexity index is 737. The summed E-state index contributed by atoms with van der Waals surface area (Å²) in [5.41, 5.74) is 8.38. The maximum Gasteiger partial charge on any atom is 0.126 e. The van der Waals surface area contributed by atoms with Gasteiger partial charge in [0.1, 0.15) is 5.01 Å². The number of nitrogens with two attached hydrogens (primary N) is 1. The molecule has 3 aromatic rings. The highest BCUT2D eigenvalue weighted by Crippen LogP contribution is 2.35. The number of aromatic nitrogens is 1. The lowest BCUT2D eigenvalue weighted by molar-refractivity contribution is 1.48. The molecule has 2 nitrogen and oxygen atoms in total. The van der Waals surface area contributed by atoms with Crippen LogP contribution in [0.25, 0.3) is 20.8 Å². The number of anilines is 1. The van der Waals surface area contributed by atoms with Crippen LogP contribution in [0.2, 0.25) is 10.0 Å². The number of hydrogen-bond donors (Lipinski definition) is 1. The van der Waals surface area contributed by atoms with Crippen molar-refractivity contribution in [3.63, 3.8) is 0 Å². The molecule has 0 bridgehead atoms. The van der Waals surface area contributed by atoms with Gasteiger partial charge < -0.3 is 5.73 Å². The molecular formula is C13H8Cl2N2S. The van der Waals surface area contributed by atoms with E-state index in [4.69, 9.17) is 28.9 Å². The second kappa shape index (κ2) is 4.43. The Morgan fingerprint density at radius 3 is 2.50 bits per heavy atom. The van der Waals surface area contributed by atoms with Crippen LogP contribution < -0.4 is 5.73 Å². The van der Waals surface area contributed by atoms with Gasteiger partial charge in [-0.15, -0.1) is 11.3 Å². The van der Waals surface area contributed by atoms with Gasteiger partial charge in [-0.25, -0.2) is 4.98 Å². The summed E-state index contributed by atoms with van der Waals surface area (Å²) in [4.78, 5) is 4.55. The average molecular weight is 295 g/mol. The number of halogens is 2. The second-order valence-corrected chi connectivity index (χ2v) is 5.77. The lowest BCUT2D eigenvalue weighted by Gasteiger charge is -2.01. The molecule has 0 saturated carbocycles. The van der Waals surface area contributed by atoms with Crippen molar-refractivity contribution >= 4 is 50.4 Å². The Morgan fingerprint density at radius 2 is 1.72 bits per heavy atom. The average Bonchev–Trinajstić information content (AvgIpc) is 2.71. The van der Waals surface area contributed by atoms with E-state index in [2.05, 4.69) is 4.98 Å². The molecule has 0 aliphatic carbocycles. The van der Waals surface area contributed by atoms with Crippen LogP contribution >= 0.6 is 34.5 Å². The predicted molar refractivity (Wildman–Crippen MR) is 79.5 cm³/mol. The molecule has 2 aromatic carbocycles. The van der Waals surface area contributed by atoms with Crippen LogP contribution in [0.15, 0.2) is 36.4 Å². The van der Waals surface area contributed by atoms with E-state index in [1.807, 2.05) is 30.3 Å². The van der Waals surface area contributed by atoms with E-state index < -0.39 is 0 Å². The van der Waals surface area contributed by atoms with E-state index in [0.29, 0.717) is 15.7 Å². The molecule has 0 unspecified atom stereocenters. The minimum absolute atomic E-state index is 0.625. The van der Waals surface area contributed by atoms with Crippen molar-refractivity contribution in [3.8, 4) is 10.6 Å². The minimum atomic E-state index is 0.625. The van der Waals surface area contributed by atoms with Crippen molar-refractivity contribution in [2.24, 2.45) is 0 Å². The third-order valence-electron chi connectivity index (χ3n) is 2.59. The van der Waals surface area contributed by atoms with E-state index in [1.165, 1.54) is 0 Å². The zero-order valence-corrected chi connectivity index (χ0v) is 11.5. The molecular weight excluding hydrogens is 287 g/mol. The van der Waals surface area contributed by atoms with Crippen molar-refractivity contribution in [2.75, 3.05) is 5.73 Å². The molecule has 0 radical (unpaired) electrons. The van der Waals surface area contributed by atoms with Gasteiger partial charge >= 0.3 is 0 Å². The zero-order chi connectivity index (χ0) is 12.7. The smallest absolute Gasteiger partial charge is 0.126 e. The fraction of sp³-hybridized carbons (Fsp3) is 0. The summed E-state index contributed by atoms with van der Waals surface area (Å²) in [6.45, 7) is 0. The minimum Gasteiger partial charge on any atom is -0.398 e. The van der Waals surface area contributed by atoms with Gasteiger partial charge in [-0.1, -0.05) is 23.2 Å². The van der Waals surface area contributed by atoms with Crippen LogP contribution in [-0.4, -0.2) is 4.98 Å². The lowest BCUT2D eigenvalue weighted by atomic mass is 10.2. The Kier molecular flexibility index (Phi) is 2.90. The summed E-state index contributed by atoms with van der Waals surface area (Å²) >= 11 is 13.4. The molecule has 3 rings (SSSR count). The van der Waals surface area contributed by atoms with Gasteiger partial charge in [-0.05, 0) is 36.4 Å².